The van der Waals surface area contributed by atoms with Crippen molar-refractivity contribution in [1.29, 1.82) is 0 Å². The van der Waals surface area contributed by atoms with Crippen LogP contribution in [0.2, 0.25) is 0 Å². The molecule has 8 nitrogen and oxygen atoms in total. The Morgan fingerprint density at radius 1 is 0.970 bits per heavy atom. The molecule has 1 aromatic carbocycles. The maximum absolute atomic E-state index is 12.6. The van der Waals surface area contributed by atoms with Crippen molar-refractivity contribution in [3.63, 3.8) is 0 Å². The average molecular weight is 464 g/mol. The molecule has 3 aromatic heterocycles. The summed E-state index contributed by atoms with van der Waals surface area (Å²) in [4.78, 5) is 21.6. The zero-order chi connectivity index (χ0) is 23.5. The van der Waals surface area contributed by atoms with Crippen molar-refractivity contribution in [1.82, 2.24) is 34.7 Å². The number of thioether (sulfide) groups is 1. The summed E-state index contributed by atoms with van der Waals surface area (Å²) >= 11 is 1.49. The lowest BCUT2D eigenvalue weighted by atomic mass is 10.1. The van der Waals surface area contributed by atoms with Crippen molar-refractivity contribution in [2.45, 2.75) is 58.8 Å². The number of nitrogens with one attached hydrogen (secondary N) is 1. The minimum Gasteiger partial charge on any atom is -0.352 e. The summed E-state index contributed by atoms with van der Waals surface area (Å²) in [6.07, 6.45) is 2.93. The van der Waals surface area contributed by atoms with Crippen molar-refractivity contribution in [2.24, 2.45) is 0 Å². The summed E-state index contributed by atoms with van der Waals surface area (Å²) in [7, 11) is 0. The predicted octanol–water partition coefficient (Wildman–Crippen LogP) is 3.57. The SMILES string of the molecule is CSc1nc2nc(C)c(CCC(=O)NCc3c(C)nn(Cc4ccccc4)c3C)c(C)n2n1. The second kappa shape index (κ2) is 9.74. The van der Waals surface area contributed by atoms with Gasteiger partial charge in [-0.3, -0.25) is 9.48 Å². The lowest BCUT2D eigenvalue weighted by Crippen LogP contribution is -2.24. The third-order valence-corrected chi connectivity index (χ3v) is 6.52. The van der Waals surface area contributed by atoms with Crippen LogP contribution >= 0.6 is 11.8 Å². The summed E-state index contributed by atoms with van der Waals surface area (Å²) in [6.45, 7) is 9.20. The van der Waals surface area contributed by atoms with Crippen LogP contribution in [0.25, 0.3) is 5.78 Å². The molecule has 1 N–H and O–H groups in total. The number of aromatic nitrogens is 6. The van der Waals surface area contributed by atoms with E-state index in [1.165, 1.54) is 17.3 Å². The molecule has 0 aliphatic carbocycles. The Bertz CT molecular complexity index is 1290. The number of hydrogen-bond donors (Lipinski definition) is 1. The highest BCUT2D eigenvalue weighted by Gasteiger charge is 2.16. The highest BCUT2D eigenvalue weighted by Crippen LogP contribution is 2.18. The Morgan fingerprint density at radius 2 is 1.73 bits per heavy atom. The third kappa shape index (κ3) is 4.93. The van der Waals surface area contributed by atoms with Gasteiger partial charge in [0.15, 0.2) is 0 Å². The van der Waals surface area contributed by atoms with E-state index >= 15 is 0 Å². The molecule has 0 aliphatic heterocycles. The molecule has 0 unspecified atom stereocenters. The summed E-state index contributed by atoms with van der Waals surface area (Å²) in [5.41, 5.74) is 7.20. The predicted molar refractivity (Wildman–Crippen MR) is 129 cm³/mol. The Hall–Kier alpha value is -3.20. The van der Waals surface area contributed by atoms with Gasteiger partial charge in [-0.05, 0) is 51.5 Å². The van der Waals surface area contributed by atoms with E-state index in [-0.39, 0.29) is 5.91 Å². The van der Waals surface area contributed by atoms with Crippen LogP contribution in [0.5, 0.6) is 0 Å². The molecular weight excluding hydrogens is 434 g/mol. The van der Waals surface area contributed by atoms with Gasteiger partial charge in [-0.25, -0.2) is 9.50 Å². The van der Waals surface area contributed by atoms with E-state index < -0.39 is 0 Å². The number of carbonyl (C=O) groups is 1. The fourth-order valence-electron chi connectivity index (χ4n) is 4.05. The van der Waals surface area contributed by atoms with Gasteiger partial charge in [0.2, 0.25) is 11.1 Å². The quantitative estimate of drug-likeness (QED) is 0.402. The lowest BCUT2D eigenvalue weighted by Gasteiger charge is -2.11. The smallest absolute Gasteiger partial charge is 0.253 e. The first-order valence-corrected chi connectivity index (χ1v) is 12.2. The Balaban J connectivity index is 1.39. The first-order valence-electron chi connectivity index (χ1n) is 11.0. The van der Waals surface area contributed by atoms with Crippen LogP contribution in [-0.2, 0) is 24.3 Å². The van der Waals surface area contributed by atoms with E-state index in [1.54, 1.807) is 4.52 Å². The number of amides is 1. The van der Waals surface area contributed by atoms with E-state index in [2.05, 4.69) is 44.5 Å². The van der Waals surface area contributed by atoms with Gasteiger partial charge in [0.1, 0.15) is 0 Å². The molecular formula is C24H29N7OS. The standard InChI is InChI=1S/C24H29N7OS/c1-15-20(18(4)31-23(26-15)27-24(29-31)33-5)11-12-22(32)25-13-21-16(2)28-30(17(21)3)14-19-9-7-6-8-10-19/h6-10H,11-14H2,1-5H3,(H,25,32). The second-order valence-corrected chi connectivity index (χ2v) is 8.91. The molecule has 4 aromatic rings. The van der Waals surface area contributed by atoms with E-state index in [0.717, 1.165) is 40.4 Å². The first kappa shape index (κ1) is 23.0. The van der Waals surface area contributed by atoms with Crippen LogP contribution in [0.4, 0.5) is 0 Å². The Labute approximate surface area is 197 Å². The number of benzene rings is 1. The number of hydrogen-bond acceptors (Lipinski definition) is 6. The zero-order valence-electron chi connectivity index (χ0n) is 19.7. The van der Waals surface area contributed by atoms with Crippen LogP contribution in [-0.4, -0.2) is 41.5 Å². The highest BCUT2D eigenvalue weighted by molar-refractivity contribution is 7.98. The maximum atomic E-state index is 12.6. The van der Waals surface area contributed by atoms with Gasteiger partial charge < -0.3 is 5.32 Å². The largest absolute Gasteiger partial charge is 0.352 e. The molecule has 33 heavy (non-hydrogen) atoms. The van der Waals surface area contributed by atoms with Crippen molar-refractivity contribution in [2.75, 3.05) is 6.26 Å². The monoisotopic (exact) mass is 463 g/mol. The van der Waals surface area contributed by atoms with E-state index in [0.29, 0.717) is 30.3 Å². The fraction of sp³-hybridized carbons (Fsp3) is 0.375. The molecule has 0 radical (unpaired) electrons. The zero-order valence-corrected chi connectivity index (χ0v) is 20.5. The molecule has 0 fully saturated rings. The lowest BCUT2D eigenvalue weighted by molar-refractivity contribution is -0.121. The highest BCUT2D eigenvalue weighted by atomic mass is 32.2. The van der Waals surface area contributed by atoms with Crippen molar-refractivity contribution < 1.29 is 4.79 Å². The van der Waals surface area contributed by atoms with Crippen molar-refractivity contribution in [3.05, 3.63) is 69.8 Å². The third-order valence-electron chi connectivity index (χ3n) is 5.98. The normalized spacial score (nSPS) is 11.3. The molecule has 0 saturated heterocycles. The van der Waals surface area contributed by atoms with Crippen LogP contribution in [0.15, 0.2) is 35.5 Å². The summed E-state index contributed by atoms with van der Waals surface area (Å²) < 4.78 is 3.76. The summed E-state index contributed by atoms with van der Waals surface area (Å²) in [6, 6.07) is 10.3. The molecule has 0 spiro atoms. The first-order chi connectivity index (χ1) is 15.9. The summed E-state index contributed by atoms with van der Waals surface area (Å²) in [5, 5.41) is 12.9. The Kier molecular flexibility index (Phi) is 6.78. The molecule has 0 atom stereocenters. The van der Waals surface area contributed by atoms with E-state index in [1.807, 2.05) is 49.9 Å². The number of fused-ring (bicyclic) bond motifs is 1. The van der Waals surface area contributed by atoms with Gasteiger partial charge >= 0.3 is 0 Å². The Morgan fingerprint density at radius 3 is 2.45 bits per heavy atom. The van der Waals surface area contributed by atoms with Crippen LogP contribution in [0.3, 0.4) is 0 Å². The number of nitrogens with zero attached hydrogens (tertiary/aromatic N) is 6. The van der Waals surface area contributed by atoms with Crippen LogP contribution in [0.1, 0.15) is 45.9 Å². The minimum atomic E-state index is 0.00639. The topological polar surface area (TPSA) is 90.0 Å². The number of carbonyl (C=O) groups excluding carboxylic acids is 1. The van der Waals surface area contributed by atoms with Gasteiger partial charge in [-0.15, -0.1) is 5.10 Å². The fourth-order valence-corrected chi connectivity index (χ4v) is 4.39. The molecule has 0 bridgehead atoms. The van der Waals surface area contributed by atoms with Gasteiger partial charge in [0.05, 0.1) is 12.2 Å². The molecule has 9 heteroatoms. The van der Waals surface area contributed by atoms with Crippen LogP contribution in [0, 0.1) is 27.7 Å². The summed E-state index contributed by atoms with van der Waals surface area (Å²) in [5.74, 6) is 0.605. The molecule has 4 rings (SSSR count). The van der Waals surface area contributed by atoms with Crippen LogP contribution < -0.4 is 5.32 Å². The number of rotatable bonds is 8. The van der Waals surface area contributed by atoms with E-state index in [9.17, 15) is 4.79 Å². The van der Waals surface area contributed by atoms with E-state index in [4.69, 9.17) is 0 Å². The molecule has 0 saturated carbocycles. The second-order valence-electron chi connectivity index (χ2n) is 8.14. The van der Waals surface area contributed by atoms with Gasteiger partial charge in [0, 0.05) is 35.6 Å². The average Bonchev–Trinajstić information content (AvgIpc) is 3.33. The molecule has 3 heterocycles. The maximum Gasteiger partial charge on any atom is 0.253 e. The van der Waals surface area contributed by atoms with Gasteiger partial charge in [-0.2, -0.15) is 10.1 Å². The van der Waals surface area contributed by atoms with Gasteiger partial charge in [-0.1, -0.05) is 42.1 Å². The minimum absolute atomic E-state index is 0.00639. The van der Waals surface area contributed by atoms with Crippen molar-refractivity contribution in [3.8, 4) is 0 Å². The van der Waals surface area contributed by atoms with Gasteiger partial charge in [0.25, 0.3) is 5.78 Å². The number of aryl methyl sites for hydroxylation is 3. The molecule has 172 valence electrons. The molecule has 1 amide bonds. The molecule has 0 aliphatic rings. The van der Waals surface area contributed by atoms with Crippen molar-refractivity contribution >= 4 is 23.4 Å².